The van der Waals surface area contributed by atoms with Crippen molar-refractivity contribution in [3.63, 3.8) is 0 Å². The Kier molecular flexibility index (Phi) is 2.57. The minimum atomic E-state index is -3.03. The molecule has 0 aromatic carbocycles. The van der Waals surface area contributed by atoms with E-state index in [0.29, 0.717) is 6.54 Å². The molecule has 0 spiro atoms. The number of rotatable bonds is 6. The predicted octanol–water partition coefficient (Wildman–Crippen LogP) is 0.231. The third-order valence-corrected chi connectivity index (χ3v) is 5.11. The van der Waals surface area contributed by atoms with E-state index in [-0.39, 0.29) is 17.3 Å². The van der Waals surface area contributed by atoms with Gasteiger partial charge in [-0.05, 0) is 37.5 Å². The highest BCUT2D eigenvalue weighted by atomic mass is 32.2. The maximum atomic E-state index is 11.5. The quantitative estimate of drug-likeness (QED) is 0.672. The van der Waals surface area contributed by atoms with Gasteiger partial charge >= 0.3 is 0 Å². The zero-order chi connectivity index (χ0) is 10.2. The second kappa shape index (κ2) is 3.47. The lowest BCUT2D eigenvalue weighted by Crippen LogP contribution is -2.33. The molecule has 2 rings (SSSR count). The lowest BCUT2D eigenvalue weighted by atomic mass is 10.0. The van der Waals surface area contributed by atoms with Gasteiger partial charge in [-0.1, -0.05) is 0 Å². The van der Waals surface area contributed by atoms with Crippen molar-refractivity contribution in [3.05, 3.63) is 0 Å². The first kappa shape index (κ1) is 10.4. The number of hydrogen-bond acceptors (Lipinski definition) is 3. The van der Waals surface area contributed by atoms with Crippen LogP contribution in [0.2, 0.25) is 0 Å². The van der Waals surface area contributed by atoms with Crippen molar-refractivity contribution < 1.29 is 13.5 Å². The summed E-state index contributed by atoms with van der Waals surface area (Å²) in [6, 6.07) is 0. The molecule has 0 unspecified atom stereocenters. The fourth-order valence-electron chi connectivity index (χ4n) is 1.68. The second-order valence-electron chi connectivity index (χ2n) is 4.54. The van der Waals surface area contributed by atoms with Crippen molar-refractivity contribution >= 4 is 10.0 Å². The normalized spacial score (nSPS) is 24.9. The maximum Gasteiger partial charge on any atom is 0.214 e. The van der Waals surface area contributed by atoms with Crippen molar-refractivity contribution in [1.82, 2.24) is 4.72 Å². The molecular formula is C9H17NO3S. The van der Waals surface area contributed by atoms with Gasteiger partial charge in [0.05, 0.1) is 5.25 Å². The molecule has 2 aliphatic rings. The summed E-state index contributed by atoms with van der Waals surface area (Å²) in [5.41, 5.74) is 0.0801. The molecule has 0 radical (unpaired) electrons. The Balaban J connectivity index is 1.82. The molecule has 0 aromatic heterocycles. The molecule has 0 aromatic rings. The highest BCUT2D eigenvalue weighted by molar-refractivity contribution is 7.90. The van der Waals surface area contributed by atoms with Crippen LogP contribution in [-0.2, 0) is 10.0 Å². The van der Waals surface area contributed by atoms with Gasteiger partial charge in [0.25, 0.3) is 0 Å². The summed E-state index contributed by atoms with van der Waals surface area (Å²) in [5, 5.41) is 8.68. The largest absolute Gasteiger partial charge is 0.396 e. The van der Waals surface area contributed by atoms with Crippen molar-refractivity contribution in [3.8, 4) is 0 Å². The van der Waals surface area contributed by atoms with Crippen LogP contribution in [0.1, 0.15) is 32.1 Å². The topological polar surface area (TPSA) is 66.4 Å². The van der Waals surface area contributed by atoms with E-state index in [1.165, 1.54) is 0 Å². The van der Waals surface area contributed by atoms with Crippen molar-refractivity contribution in [2.75, 3.05) is 13.2 Å². The molecule has 0 amide bonds. The molecule has 2 fully saturated rings. The highest BCUT2D eigenvalue weighted by Crippen LogP contribution is 2.48. The third kappa shape index (κ3) is 2.27. The van der Waals surface area contributed by atoms with Gasteiger partial charge in [0.1, 0.15) is 0 Å². The zero-order valence-electron chi connectivity index (χ0n) is 8.20. The molecule has 14 heavy (non-hydrogen) atoms. The maximum absolute atomic E-state index is 11.5. The Bertz CT molecular complexity index is 304. The minimum Gasteiger partial charge on any atom is -0.396 e. The van der Waals surface area contributed by atoms with E-state index in [1.54, 1.807) is 0 Å². The predicted molar refractivity (Wildman–Crippen MR) is 53.3 cm³/mol. The van der Waals surface area contributed by atoms with Gasteiger partial charge in [-0.3, -0.25) is 0 Å². The molecule has 0 heterocycles. The van der Waals surface area contributed by atoms with E-state index in [4.69, 9.17) is 5.11 Å². The van der Waals surface area contributed by atoms with Gasteiger partial charge in [0.15, 0.2) is 0 Å². The Labute approximate surface area is 84.8 Å². The fraction of sp³-hybridized carbons (Fsp3) is 1.00. The number of sulfonamides is 1. The van der Waals surface area contributed by atoms with Crippen LogP contribution in [0.5, 0.6) is 0 Å². The first-order valence-corrected chi connectivity index (χ1v) is 6.72. The van der Waals surface area contributed by atoms with Crippen LogP contribution < -0.4 is 4.72 Å². The standard InChI is InChI=1S/C9H17NO3S/c11-6-5-9(3-4-9)7-10-14(12,13)8-1-2-8/h8,10-11H,1-7H2. The van der Waals surface area contributed by atoms with Gasteiger partial charge in [0.2, 0.25) is 10.0 Å². The smallest absolute Gasteiger partial charge is 0.214 e. The van der Waals surface area contributed by atoms with E-state index in [0.717, 1.165) is 32.1 Å². The number of aliphatic hydroxyl groups excluding tert-OH is 1. The third-order valence-electron chi connectivity index (χ3n) is 3.21. The minimum absolute atomic E-state index is 0.0801. The fourth-order valence-corrected chi connectivity index (χ4v) is 3.18. The Hall–Kier alpha value is -0.130. The van der Waals surface area contributed by atoms with Crippen molar-refractivity contribution in [1.29, 1.82) is 0 Å². The monoisotopic (exact) mass is 219 g/mol. The van der Waals surface area contributed by atoms with Gasteiger partial charge < -0.3 is 5.11 Å². The molecule has 0 bridgehead atoms. The van der Waals surface area contributed by atoms with Gasteiger partial charge in [-0.15, -0.1) is 0 Å². The summed E-state index contributed by atoms with van der Waals surface area (Å²) in [6.07, 6.45) is 4.42. The molecular weight excluding hydrogens is 202 g/mol. The van der Waals surface area contributed by atoms with Crippen LogP contribution in [-0.4, -0.2) is 31.9 Å². The van der Waals surface area contributed by atoms with Gasteiger partial charge in [-0.25, -0.2) is 13.1 Å². The number of nitrogens with one attached hydrogen (secondary N) is 1. The molecule has 0 atom stereocenters. The van der Waals surface area contributed by atoms with E-state index in [2.05, 4.69) is 4.72 Å². The first-order valence-electron chi connectivity index (χ1n) is 5.17. The van der Waals surface area contributed by atoms with E-state index < -0.39 is 10.0 Å². The van der Waals surface area contributed by atoms with Crippen LogP contribution >= 0.6 is 0 Å². The lowest BCUT2D eigenvalue weighted by molar-refractivity contribution is 0.249. The van der Waals surface area contributed by atoms with Crippen LogP contribution in [0.25, 0.3) is 0 Å². The molecule has 4 nitrogen and oxygen atoms in total. The summed E-state index contributed by atoms with van der Waals surface area (Å²) >= 11 is 0. The molecule has 0 aliphatic heterocycles. The molecule has 2 saturated carbocycles. The zero-order valence-corrected chi connectivity index (χ0v) is 9.02. The summed E-state index contributed by atoms with van der Waals surface area (Å²) in [4.78, 5) is 0. The second-order valence-corrected chi connectivity index (χ2v) is 6.58. The molecule has 2 aliphatic carbocycles. The lowest BCUT2D eigenvalue weighted by Gasteiger charge is -2.14. The average molecular weight is 219 g/mol. The SMILES string of the molecule is O=S(=O)(NCC1(CCO)CC1)C1CC1. The Morgan fingerprint density at radius 1 is 1.36 bits per heavy atom. The first-order chi connectivity index (χ1) is 6.58. The summed E-state index contributed by atoms with van der Waals surface area (Å²) < 4.78 is 25.7. The average Bonchev–Trinajstić information content (AvgIpc) is 2.98. The summed E-state index contributed by atoms with van der Waals surface area (Å²) in [7, 11) is -3.03. The Morgan fingerprint density at radius 2 is 2.00 bits per heavy atom. The van der Waals surface area contributed by atoms with Gasteiger partial charge in [0, 0.05) is 13.2 Å². The van der Waals surface area contributed by atoms with E-state index >= 15 is 0 Å². The number of hydrogen-bond donors (Lipinski definition) is 2. The Morgan fingerprint density at radius 3 is 2.43 bits per heavy atom. The summed E-state index contributed by atoms with van der Waals surface area (Å²) in [6.45, 7) is 0.678. The van der Waals surface area contributed by atoms with Crippen molar-refractivity contribution in [2.45, 2.75) is 37.4 Å². The molecule has 82 valence electrons. The summed E-state index contributed by atoms with van der Waals surface area (Å²) in [5.74, 6) is 0. The van der Waals surface area contributed by atoms with Crippen LogP contribution in [0, 0.1) is 5.41 Å². The van der Waals surface area contributed by atoms with Crippen molar-refractivity contribution in [2.24, 2.45) is 5.41 Å². The number of aliphatic hydroxyl groups is 1. The van der Waals surface area contributed by atoms with E-state index in [9.17, 15) is 8.42 Å². The highest BCUT2D eigenvalue weighted by Gasteiger charge is 2.44. The van der Waals surface area contributed by atoms with Gasteiger partial charge in [-0.2, -0.15) is 0 Å². The van der Waals surface area contributed by atoms with Crippen LogP contribution in [0.4, 0.5) is 0 Å². The molecule has 0 saturated heterocycles. The van der Waals surface area contributed by atoms with Crippen LogP contribution in [0.3, 0.4) is 0 Å². The van der Waals surface area contributed by atoms with Crippen LogP contribution in [0.15, 0.2) is 0 Å². The molecule has 2 N–H and O–H groups in total. The molecule has 5 heteroatoms. The van der Waals surface area contributed by atoms with E-state index in [1.807, 2.05) is 0 Å².